The Bertz CT molecular complexity index is 1400. The number of hydrogen-bond donors (Lipinski definition) is 2. The number of carbonyl (C=O) groups is 1. The molecule has 0 bridgehead atoms. The van der Waals surface area contributed by atoms with Gasteiger partial charge in [-0.15, -0.1) is 11.3 Å². The zero-order chi connectivity index (χ0) is 28.5. The summed E-state index contributed by atoms with van der Waals surface area (Å²) < 4.78 is 94.5. The first-order valence-corrected chi connectivity index (χ1v) is 13.7. The number of hydrogen-bond acceptors (Lipinski definition) is 6. The first-order chi connectivity index (χ1) is 18.4. The predicted octanol–water partition coefficient (Wildman–Crippen LogP) is 6.77. The molecule has 1 atom stereocenters. The molecular formula is C25H23F5N2O5S2. The molecule has 210 valence electrons. The maximum Gasteiger partial charge on any atom is 0.391 e. The molecular weight excluding hydrogens is 567 g/mol. The minimum Gasteiger partial charge on any atom is -0.495 e. The summed E-state index contributed by atoms with van der Waals surface area (Å²) in [4.78, 5) is 15.4. The van der Waals surface area contributed by atoms with E-state index in [1.165, 1.54) is 25.7 Å². The van der Waals surface area contributed by atoms with Gasteiger partial charge >= 0.3 is 12.1 Å². The van der Waals surface area contributed by atoms with Crippen molar-refractivity contribution in [2.75, 3.05) is 18.9 Å². The van der Waals surface area contributed by atoms with E-state index < -0.39 is 46.2 Å². The van der Waals surface area contributed by atoms with Crippen molar-refractivity contribution >= 4 is 34.0 Å². The van der Waals surface area contributed by atoms with E-state index in [-0.39, 0.29) is 64.4 Å². The Morgan fingerprint density at radius 1 is 1.13 bits per heavy atom. The standard InChI is InChI=1S/C25H23F5N2O5S2/c1-36-19-9-16(24(33)34)17(26)10-18(19)32-39(35)20-11-38-23(31-20)15-8-7-14(22(37-2)21(15)27)12-3-5-13(6-4-12)25(28,29)30/h7-13,32H,3-6H2,1-2H3,(H,33,34). The number of alkyl halides is 3. The Balaban J connectivity index is 1.55. The lowest BCUT2D eigenvalue weighted by molar-refractivity contribution is -0.182. The maximum atomic E-state index is 15.5. The zero-order valence-electron chi connectivity index (χ0n) is 20.6. The van der Waals surface area contributed by atoms with Crippen molar-refractivity contribution in [1.29, 1.82) is 0 Å². The molecule has 0 spiro atoms. The molecule has 3 aromatic rings. The molecule has 7 nitrogen and oxygen atoms in total. The largest absolute Gasteiger partial charge is 0.495 e. The quantitative estimate of drug-likeness (QED) is 0.281. The van der Waals surface area contributed by atoms with Crippen LogP contribution in [0.4, 0.5) is 27.6 Å². The molecule has 0 amide bonds. The van der Waals surface area contributed by atoms with Crippen molar-refractivity contribution in [3.05, 3.63) is 52.4 Å². The van der Waals surface area contributed by atoms with Crippen LogP contribution < -0.4 is 14.2 Å². The molecule has 0 radical (unpaired) electrons. The fourth-order valence-electron chi connectivity index (χ4n) is 4.58. The van der Waals surface area contributed by atoms with Crippen molar-refractivity contribution < 1.29 is 45.5 Å². The minimum absolute atomic E-state index is 0.00677. The molecule has 2 aromatic carbocycles. The molecule has 1 aliphatic carbocycles. The number of rotatable bonds is 8. The first kappa shape index (κ1) is 28.7. The lowest BCUT2D eigenvalue weighted by Crippen LogP contribution is -2.27. The lowest BCUT2D eigenvalue weighted by atomic mass is 9.78. The van der Waals surface area contributed by atoms with Crippen LogP contribution in [0.2, 0.25) is 0 Å². The monoisotopic (exact) mass is 590 g/mol. The van der Waals surface area contributed by atoms with Gasteiger partial charge in [-0.2, -0.15) is 13.2 Å². The number of nitrogens with one attached hydrogen (secondary N) is 1. The number of halogens is 5. The van der Waals surface area contributed by atoms with Gasteiger partial charge in [0.25, 0.3) is 0 Å². The normalized spacial score (nSPS) is 18.4. The Kier molecular flexibility index (Phi) is 8.45. The van der Waals surface area contributed by atoms with Crippen molar-refractivity contribution in [1.82, 2.24) is 4.98 Å². The second-order valence-electron chi connectivity index (χ2n) is 8.84. The highest BCUT2D eigenvalue weighted by Gasteiger charge is 2.42. The van der Waals surface area contributed by atoms with Gasteiger partial charge in [0.15, 0.2) is 27.6 Å². The summed E-state index contributed by atoms with van der Waals surface area (Å²) in [5.41, 5.74) is -0.159. The van der Waals surface area contributed by atoms with Gasteiger partial charge in [0.05, 0.1) is 37.0 Å². The third-order valence-electron chi connectivity index (χ3n) is 6.59. The highest BCUT2D eigenvalue weighted by molar-refractivity contribution is 7.86. The van der Waals surface area contributed by atoms with Crippen molar-refractivity contribution in [2.24, 2.45) is 5.92 Å². The lowest BCUT2D eigenvalue weighted by Gasteiger charge is -2.31. The van der Waals surface area contributed by atoms with Crippen molar-refractivity contribution in [3.8, 4) is 22.1 Å². The molecule has 0 aliphatic heterocycles. The summed E-state index contributed by atoms with van der Waals surface area (Å²) in [5.74, 6) is -5.08. The third kappa shape index (κ3) is 6.01. The van der Waals surface area contributed by atoms with Crippen LogP contribution in [0, 0.1) is 17.6 Å². The molecule has 1 aromatic heterocycles. The van der Waals surface area contributed by atoms with Crippen LogP contribution in [0.1, 0.15) is 47.5 Å². The summed E-state index contributed by atoms with van der Waals surface area (Å²) in [6, 6.07) is 4.86. The topological polar surface area (TPSA) is 97.8 Å². The van der Waals surface area contributed by atoms with Crippen LogP contribution in [-0.2, 0) is 11.0 Å². The molecule has 1 aliphatic rings. The molecule has 14 heteroatoms. The maximum absolute atomic E-state index is 15.5. The molecule has 4 rings (SSSR count). The second-order valence-corrected chi connectivity index (χ2v) is 10.9. The Labute approximate surface area is 226 Å². The molecule has 39 heavy (non-hydrogen) atoms. The molecule has 1 saturated carbocycles. The van der Waals surface area contributed by atoms with Gasteiger partial charge in [-0.05, 0) is 43.7 Å². The number of aromatic carboxylic acids is 1. The van der Waals surface area contributed by atoms with Gasteiger partial charge in [-0.3, -0.25) is 4.72 Å². The molecule has 2 N–H and O–H groups in total. The molecule has 1 unspecified atom stereocenters. The van der Waals surface area contributed by atoms with Crippen LogP contribution in [0.3, 0.4) is 0 Å². The van der Waals surface area contributed by atoms with Gasteiger partial charge in [-0.25, -0.2) is 22.8 Å². The summed E-state index contributed by atoms with van der Waals surface area (Å²) in [7, 11) is 0.463. The summed E-state index contributed by atoms with van der Waals surface area (Å²) in [6.07, 6.45) is -3.82. The van der Waals surface area contributed by atoms with Crippen LogP contribution >= 0.6 is 11.3 Å². The number of carboxylic acid groups (broad SMARTS) is 1. The second kappa shape index (κ2) is 11.5. The van der Waals surface area contributed by atoms with E-state index >= 15 is 4.39 Å². The van der Waals surface area contributed by atoms with Crippen LogP contribution in [0.15, 0.2) is 34.7 Å². The number of carboxylic acids is 1. The van der Waals surface area contributed by atoms with Crippen LogP contribution in [-0.4, -0.2) is 40.7 Å². The molecule has 1 heterocycles. The van der Waals surface area contributed by atoms with Crippen LogP contribution in [0.5, 0.6) is 11.5 Å². The van der Waals surface area contributed by atoms with E-state index in [4.69, 9.17) is 14.6 Å². The Morgan fingerprint density at radius 3 is 2.41 bits per heavy atom. The number of aromatic nitrogens is 1. The van der Waals surface area contributed by atoms with E-state index in [2.05, 4.69) is 9.71 Å². The average molecular weight is 591 g/mol. The fourth-order valence-corrected chi connectivity index (χ4v) is 6.47. The van der Waals surface area contributed by atoms with Gasteiger partial charge in [-0.1, -0.05) is 6.07 Å². The van der Waals surface area contributed by atoms with E-state index in [0.717, 1.165) is 23.5 Å². The van der Waals surface area contributed by atoms with Gasteiger partial charge < -0.3 is 14.6 Å². The number of thiazole rings is 1. The Morgan fingerprint density at radius 2 is 1.82 bits per heavy atom. The number of benzene rings is 2. The summed E-state index contributed by atoms with van der Waals surface area (Å²) in [6.45, 7) is 0. The first-order valence-electron chi connectivity index (χ1n) is 11.6. The summed E-state index contributed by atoms with van der Waals surface area (Å²) in [5, 5.41) is 10.6. The third-order valence-corrected chi connectivity index (χ3v) is 8.61. The molecule has 0 saturated heterocycles. The fraction of sp³-hybridized carbons (Fsp3) is 0.360. The zero-order valence-corrected chi connectivity index (χ0v) is 22.2. The van der Waals surface area contributed by atoms with E-state index in [1.807, 2.05) is 0 Å². The minimum atomic E-state index is -4.25. The Hall–Kier alpha value is -3.26. The van der Waals surface area contributed by atoms with E-state index in [9.17, 15) is 26.6 Å². The highest BCUT2D eigenvalue weighted by Crippen LogP contribution is 2.46. The smallest absolute Gasteiger partial charge is 0.391 e. The highest BCUT2D eigenvalue weighted by atomic mass is 32.2. The number of anilines is 1. The van der Waals surface area contributed by atoms with Crippen molar-refractivity contribution in [3.63, 3.8) is 0 Å². The van der Waals surface area contributed by atoms with Crippen molar-refractivity contribution in [2.45, 2.75) is 42.8 Å². The summed E-state index contributed by atoms with van der Waals surface area (Å²) >= 11 is 0.991. The number of methoxy groups -OCH3 is 2. The molecule has 1 fully saturated rings. The van der Waals surface area contributed by atoms with E-state index in [1.54, 1.807) is 6.07 Å². The SMILES string of the molecule is COc1cc(C(=O)O)c(F)cc1NS(=O)c1csc(-c2ccc(C3CCC(C(F)(F)F)CC3)c(OC)c2F)n1. The van der Waals surface area contributed by atoms with Gasteiger partial charge in [0.2, 0.25) is 0 Å². The van der Waals surface area contributed by atoms with E-state index in [0.29, 0.717) is 5.56 Å². The number of nitrogens with zero attached hydrogens (tertiary/aromatic N) is 1. The predicted molar refractivity (Wildman–Crippen MR) is 135 cm³/mol. The number of ether oxygens (including phenoxy) is 2. The van der Waals surface area contributed by atoms with Gasteiger partial charge in [0.1, 0.15) is 16.6 Å². The average Bonchev–Trinajstić information content (AvgIpc) is 3.38. The van der Waals surface area contributed by atoms with Crippen LogP contribution in [0.25, 0.3) is 10.6 Å². The van der Waals surface area contributed by atoms with Gasteiger partial charge in [0, 0.05) is 17.0 Å².